The van der Waals surface area contributed by atoms with Crippen molar-refractivity contribution in [3.63, 3.8) is 0 Å². The number of likely N-dealkylation sites (N-methyl/N-ethyl adjacent to an activating group) is 1. The third-order valence-electron chi connectivity index (χ3n) is 4.84. The molecule has 0 aliphatic heterocycles. The normalized spacial score (nSPS) is 24.8. The molecule has 2 rings (SSSR count). The number of nitrogens with one attached hydrogen (secondary N) is 1. The average molecular weight is 265 g/mol. The largest absolute Gasteiger partial charge is 0.376 e. The fourth-order valence-corrected chi connectivity index (χ4v) is 3.87. The zero-order valence-electron chi connectivity index (χ0n) is 12.8. The summed E-state index contributed by atoms with van der Waals surface area (Å²) in [7, 11) is 2.11. The van der Waals surface area contributed by atoms with E-state index in [0.717, 1.165) is 12.5 Å². The third-order valence-corrected chi connectivity index (χ3v) is 4.84. The van der Waals surface area contributed by atoms with Crippen LogP contribution in [-0.2, 0) is 4.74 Å². The van der Waals surface area contributed by atoms with Gasteiger partial charge in [-0.15, -0.1) is 0 Å². The van der Waals surface area contributed by atoms with Crippen LogP contribution in [0.1, 0.15) is 64.7 Å². The Balaban J connectivity index is 2.07. The van der Waals surface area contributed by atoms with Crippen molar-refractivity contribution in [2.24, 2.45) is 5.92 Å². The molecule has 110 valence electrons. The van der Waals surface area contributed by atoms with E-state index in [-0.39, 0.29) is 0 Å². The van der Waals surface area contributed by atoms with E-state index in [2.05, 4.69) is 25.4 Å². The Hall–Kier alpha value is -0.340. The number of allylic oxidation sites excluding steroid dienone is 1. The van der Waals surface area contributed by atoms with E-state index in [4.69, 9.17) is 4.74 Å². The van der Waals surface area contributed by atoms with Gasteiger partial charge in [0.1, 0.15) is 0 Å². The Morgan fingerprint density at radius 2 is 2.00 bits per heavy atom. The minimum atomic E-state index is 0.389. The van der Waals surface area contributed by atoms with Gasteiger partial charge in [-0.05, 0) is 58.4 Å². The van der Waals surface area contributed by atoms with Crippen molar-refractivity contribution in [1.82, 2.24) is 5.32 Å². The van der Waals surface area contributed by atoms with Crippen LogP contribution in [0, 0.1) is 5.92 Å². The summed E-state index contributed by atoms with van der Waals surface area (Å²) in [6.45, 7) is 2.98. The van der Waals surface area contributed by atoms with Crippen LogP contribution < -0.4 is 5.32 Å². The molecule has 19 heavy (non-hydrogen) atoms. The van der Waals surface area contributed by atoms with Gasteiger partial charge in [-0.1, -0.05) is 30.9 Å². The van der Waals surface area contributed by atoms with Gasteiger partial charge in [-0.3, -0.25) is 0 Å². The maximum Gasteiger partial charge on any atom is 0.0794 e. The fourth-order valence-electron chi connectivity index (χ4n) is 3.87. The molecule has 0 amide bonds. The lowest BCUT2D eigenvalue weighted by Crippen LogP contribution is -2.46. The third kappa shape index (κ3) is 4.06. The number of hydrogen-bond donors (Lipinski definition) is 1. The predicted octanol–water partition coefficient (Wildman–Crippen LogP) is 4.06. The first-order valence-electron chi connectivity index (χ1n) is 8.34. The maximum absolute atomic E-state index is 6.18. The first-order chi connectivity index (χ1) is 9.36. The van der Waals surface area contributed by atoms with Crippen molar-refractivity contribution in [1.29, 1.82) is 0 Å². The summed E-state index contributed by atoms with van der Waals surface area (Å²) in [6, 6.07) is 0.448. The Kier molecular flexibility index (Phi) is 6.39. The van der Waals surface area contributed by atoms with Crippen LogP contribution in [0.4, 0.5) is 0 Å². The van der Waals surface area contributed by atoms with Crippen LogP contribution in [0.5, 0.6) is 0 Å². The van der Waals surface area contributed by atoms with Crippen molar-refractivity contribution < 1.29 is 4.74 Å². The maximum atomic E-state index is 6.18. The smallest absolute Gasteiger partial charge is 0.0794 e. The van der Waals surface area contributed by atoms with Crippen LogP contribution >= 0.6 is 0 Å². The highest BCUT2D eigenvalue weighted by Gasteiger charge is 2.32. The Morgan fingerprint density at radius 3 is 2.58 bits per heavy atom. The van der Waals surface area contributed by atoms with Crippen LogP contribution in [0.2, 0.25) is 0 Å². The van der Waals surface area contributed by atoms with Gasteiger partial charge in [-0.25, -0.2) is 0 Å². The highest BCUT2D eigenvalue weighted by atomic mass is 16.5. The molecule has 1 saturated carbocycles. The molecule has 0 heterocycles. The second-order valence-corrected chi connectivity index (χ2v) is 6.11. The molecule has 1 N–H and O–H groups in total. The number of rotatable bonds is 6. The second-order valence-electron chi connectivity index (χ2n) is 6.11. The molecule has 2 nitrogen and oxygen atoms in total. The van der Waals surface area contributed by atoms with Crippen LogP contribution in [0.15, 0.2) is 11.6 Å². The lowest BCUT2D eigenvalue weighted by atomic mass is 9.79. The molecule has 2 atom stereocenters. The molecule has 2 heteroatoms. The van der Waals surface area contributed by atoms with Gasteiger partial charge in [-0.2, -0.15) is 0 Å². The molecule has 0 saturated heterocycles. The zero-order valence-corrected chi connectivity index (χ0v) is 12.8. The predicted molar refractivity (Wildman–Crippen MR) is 81.4 cm³/mol. The van der Waals surface area contributed by atoms with Crippen molar-refractivity contribution in [3.8, 4) is 0 Å². The minimum Gasteiger partial charge on any atom is -0.376 e. The summed E-state index contributed by atoms with van der Waals surface area (Å²) in [4.78, 5) is 0. The first-order valence-corrected chi connectivity index (χ1v) is 8.34. The van der Waals surface area contributed by atoms with E-state index in [0.29, 0.717) is 12.1 Å². The first kappa shape index (κ1) is 15.1. The summed E-state index contributed by atoms with van der Waals surface area (Å²) < 4.78 is 6.18. The molecule has 0 aromatic carbocycles. The number of hydrogen-bond acceptors (Lipinski definition) is 2. The lowest BCUT2D eigenvalue weighted by molar-refractivity contribution is -0.00914. The van der Waals surface area contributed by atoms with Gasteiger partial charge in [0.05, 0.1) is 12.1 Å². The molecule has 2 aliphatic carbocycles. The molecule has 0 aromatic heterocycles. The summed E-state index contributed by atoms with van der Waals surface area (Å²) in [6.07, 6.45) is 15.0. The van der Waals surface area contributed by atoms with Crippen LogP contribution in [0.3, 0.4) is 0 Å². The fraction of sp³-hybridized carbons (Fsp3) is 0.882. The van der Waals surface area contributed by atoms with E-state index in [1.165, 1.54) is 57.8 Å². The molecule has 0 spiro atoms. The van der Waals surface area contributed by atoms with Gasteiger partial charge in [0, 0.05) is 6.61 Å². The molecule has 2 aliphatic rings. The molecule has 0 radical (unpaired) electrons. The van der Waals surface area contributed by atoms with Crippen molar-refractivity contribution in [2.45, 2.75) is 76.9 Å². The van der Waals surface area contributed by atoms with E-state index < -0.39 is 0 Å². The summed E-state index contributed by atoms with van der Waals surface area (Å²) in [5.41, 5.74) is 1.61. The van der Waals surface area contributed by atoms with Gasteiger partial charge >= 0.3 is 0 Å². The highest BCUT2D eigenvalue weighted by molar-refractivity contribution is 5.16. The van der Waals surface area contributed by atoms with E-state index in [9.17, 15) is 0 Å². The Labute approximate surface area is 119 Å². The Bertz CT molecular complexity index is 281. The summed E-state index contributed by atoms with van der Waals surface area (Å²) >= 11 is 0. The van der Waals surface area contributed by atoms with Crippen molar-refractivity contribution >= 4 is 0 Å². The molecular weight excluding hydrogens is 234 g/mol. The second kappa shape index (κ2) is 8.06. The van der Waals surface area contributed by atoms with E-state index in [1.54, 1.807) is 5.57 Å². The Morgan fingerprint density at radius 1 is 1.21 bits per heavy atom. The topological polar surface area (TPSA) is 21.3 Å². The lowest BCUT2D eigenvalue weighted by Gasteiger charge is -2.37. The standard InChI is InChI=1S/C17H31NO/c1-3-19-17(15-12-8-5-9-13-15)16(18-2)14-10-6-4-7-11-14/h10,15-18H,3-9,11-13H2,1-2H3. The summed E-state index contributed by atoms with van der Waals surface area (Å²) in [5.74, 6) is 0.758. The molecule has 0 bridgehead atoms. The van der Waals surface area contributed by atoms with Crippen LogP contribution in [-0.4, -0.2) is 25.8 Å². The highest BCUT2D eigenvalue weighted by Crippen LogP contribution is 2.33. The van der Waals surface area contributed by atoms with Crippen molar-refractivity contribution in [2.75, 3.05) is 13.7 Å². The zero-order chi connectivity index (χ0) is 13.5. The SMILES string of the molecule is CCOC(C1CCCCC1)C(NC)C1=CCCCC1. The van der Waals surface area contributed by atoms with Gasteiger partial charge < -0.3 is 10.1 Å². The van der Waals surface area contributed by atoms with E-state index in [1.807, 2.05) is 0 Å². The number of ether oxygens (including phenoxy) is 1. The van der Waals surface area contributed by atoms with Gasteiger partial charge in [0.25, 0.3) is 0 Å². The quantitative estimate of drug-likeness (QED) is 0.731. The van der Waals surface area contributed by atoms with Crippen LogP contribution in [0.25, 0.3) is 0 Å². The van der Waals surface area contributed by atoms with E-state index >= 15 is 0 Å². The monoisotopic (exact) mass is 265 g/mol. The minimum absolute atomic E-state index is 0.389. The molecule has 2 unspecified atom stereocenters. The average Bonchev–Trinajstić information content (AvgIpc) is 2.49. The van der Waals surface area contributed by atoms with Crippen molar-refractivity contribution in [3.05, 3.63) is 11.6 Å². The van der Waals surface area contributed by atoms with Gasteiger partial charge in [0.2, 0.25) is 0 Å². The molecular formula is C17H31NO. The molecule has 1 fully saturated rings. The summed E-state index contributed by atoms with van der Waals surface area (Å²) in [5, 5.41) is 3.56. The molecule has 0 aromatic rings. The van der Waals surface area contributed by atoms with Gasteiger partial charge in [0.15, 0.2) is 0 Å².